The first-order valence-electron chi connectivity index (χ1n) is 10.4. The van der Waals surface area contributed by atoms with Gasteiger partial charge in [-0.3, -0.25) is 0 Å². The SMILES string of the molecule is Cc1cc(Nc2ccccc2)ccc1/N=C1/C=CC(N(C)C)=C/C1=N\c1ccc(F)cc1. The number of allylic oxidation sites excluding steroid dienone is 3. The second kappa shape index (κ2) is 9.43. The molecule has 4 nitrogen and oxygen atoms in total. The maximum atomic E-state index is 13.3. The summed E-state index contributed by atoms with van der Waals surface area (Å²) >= 11 is 0. The van der Waals surface area contributed by atoms with E-state index in [1.165, 1.54) is 12.1 Å². The third kappa shape index (κ3) is 5.19. The molecule has 0 saturated carbocycles. The average molecular weight is 425 g/mol. The molecule has 0 aliphatic heterocycles. The lowest BCUT2D eigenvalue weighted by atomic mass is 10.1. The van der Waals surface area contributed by atoms with Crippen LogP contribution in [0.5, 0.6) is 0 Å². The van der Waals surface area contributed by atoms with Crippen LogP contribution in [0.25, 0.3) is 0 Å². The van der Waals surface area contributed by atoms with E-state index in [4.69, 9.17) is 9.98 Å². The van der Waals surface area contributed by atoms with Gasteiger partial charge in [0.2, 0.25) is 0 Å². The Morgan fingerprint density at radius 3 is 2.22 bits per heavy atom. The molecule has 0 aromatic heterocycles. The fraction of sp³-hybridized carbons (Fsp3) is 0.111. The lowest BCUT2D eigenvalue weighted by Crippen LogP contribution is -2.19. The third-order valence-electron chi connectivity index (χ3n) is 5.05. The number of nitrogens with zero attached hydrogens (tertiary/aromatic N) is 3. The highest BCUT2D eigenvalue weighted by molar-refractivity contribution is 6.52. The molecule has 0 amide bonds. The van der Waals surface area contributed by atoms with Crippen LogP contribution in [0.15, 0.2) is 107 Å². The van der Waals surface area contributed by atoms with Gasteiger partial charge in [-0.25, -0.2) is 14.4 Å². The van der Waals surface area contributed by atoms with Crippen molar-refractivity contribution in [2.45, 2.75) is 6.92 Å². The second-order valence-electron chi connectivity index (χ2n) is 7.76. The van der Waals surface area contributed by atoms with Gasteiger partial charge in [0, 0.05) is 31.2 Å². The summed E-state index contributed by atoms with van der Waals surface area (Å²) < 4.78 is 13.3. The van der Waals surface area contributed by atoms with Gasteiger partial charge in [-0.15, -0.1) is 0 Å². The molecule has 0 bridgehead atoms. The van der Waals surface area contributed by atoms with Gasteiger partial charge in [0.25, 0.3) is 0 Å². The lowest BCUT2D eigenvalue weighted by Gasteiger charge is -2.18. The van der Waals surface area contributed by atoms with E-state index in [9.17, 15) is 4.39 Å². The van der Waals surface area contributed by atoms with Crippen LogP contribution in [0.2, 0.25) is 0 Å². The number of benzene rings is 3. The number of aliphatic imine (C=N–C) groups is 2. The molecule has 3 aromatic rings. The number of halogens is 1. The zero-order valence-electron chi connectivity index (χ0n) is 18.4. The van der Waals surface area contributed by atoms with Crippen LogP contribution in [0, 0.1) is 12.7 Å². The number of hydrogen-bond donors (Lipinski definition) is 1. The molecule has 32 heavy (non-hydrogen) atoms. The van der Waals surface area contributed by atoms with Crippen molar-refractivity contribution in [2.24, 2.45) is 9.98 Å². The highest BCUT2D eigenvalue weighted by Crippen LogP contribution is 2.26. The number of anilines is 2. The van der Waals surface area contributed by atoms with Crippen LogP contribution in [0.4, 0.5) is 27.1 Å². The van der Waals surface area contributed by atoms with E-state index in [0.29, 0.717) is 5.69 Å². The summed E-state index contributed by atoms with van der Waals surface area (Å²) in [5.74, 6) is -0.282. The maximum absolute atomic E-state index is 13.3. The van der Waals surface area contributed by atoms with E-state index in [1.54, 1.807) is 12.1 Å². The van der Waals surface area contributed by atoms with Crippen molar-refractivity contribution in [3.05, 3.63) is 108 Å². The molecule has 0 atom stereocenters. The minimum atomic E-state index is -0.282. The van der Waals surface area contributed by atoms with Crippen molar-refractivity contribution in [1.29, 1.82) is 0 Å². The smallest absolute Gasteiger partial charge is 0.123 e. The fourth-order valence-corrected chi connectivity index (χ4v) is 3.31. The maximum Gasteiger partial charge on any atom is 0.123 e. The average Bonchev–Trinajstić information content (AvgIpc) is 2.79. The first-order chi connectivity index (χ1) is 15.5. The van der Waals surface area contributed by atoms with Crippen molar-refractivity contribution in [3.63, 3.8) is 0 Å². The molecule has 3 aromatic carbocycles. The van der Waals surface area contributed by atoms with Gasteiger partial charge >= 0.3 is 0 Å². The highest BCUT2D eigenvalue weighted by Gasteiger charge is 2.13. The number of nitrogens with one attached hydrogen (secondary N) is 1. The Bertz CT molecular complexity index is 1220. The molecule has 5 heteroatoms. The fourth-order valence-electron chi connectivity index (χ4n) is 3.31. The second-order valence-corrected chi connectivity index (χ2v) is 7.76. The van der Waals surface area contributed by atoms with Gasteiger partial charge in [-0.1, -0.05) is 18.2 Å². The molecule has 1 aliphatic carbocycles. The summed E-state index contributed by atoms with van der Waals surface area (Å²) in [4.78, 5) is 11.6. The molecule has 160 valence electrons. The first kappa shape index (κ1) is 21.2. The quantitative estimate of drug-likeness (QED) is 0.461. The van der Waals surface area contributed by atoms with Crippen LogP contribution in [-0.2, 0) is 0 Å². The summed E-state index contributed by atoms with van der Waals surface area (Å²) in [5.41, 5.74) is 7.15. The molecule has 4 rings (SSSR count). The molecular formula is C27H25FN4. The van der Waals surface area contributed by atoms with Gasteiger partial charge in [-0.05, 0) is 85.3 Å². The molecular weight excluding hydrogens is 399 g/mol. The minimum absolute atomic E-state index is 0.282. The summed E-state index contributed by atoms with van der Waals surface area (Å²) in [7, 11) is 3.97. The van der Waals surface area contributed by atoms with E-state index >= 15 is 0 Å². The third-order valence-corrected chi connectivity index (χ3v) is 5.05. The van der Waals surface area contributed by atoms with E-state index in [2.05, 4.69) is 11.4 Å². The van der Waals surface area contributed by atoms with Gasteiger partial charge in [0.1, 0.15) is 5.82 Å². The number of rotatable bonds is 5. The zero-order chi connectivity index (χ0) is 22.5. The monoisotopic (exact) mass is 424 g/mol. The van der Waals surface area contributed by atoms with Gasteiger partial charge in [-0.2, -0.15) is 0 Å². The van der Waals surface area contributed by atoms with E-state index in [0.717, 1.165) is 39.7 Å². The van der Waals surface area contributed by atoms with Crippen LogP contribution in [0.3, 0.4) is 0 Å². The van der Waals surface area contributed by atoms with E-state index in [-0.39, 0.29) is 5.82 Å². The van der Waals surface area contributed by atoms with Crippen molar-refractivity contribution in [3.8, 4) is 0 Å². The Morgan fingerprint density at radius 1 is 0.781 bits per heavy atom. The Labute approximate surface area is 188 Å². The number of likely N-dealkylation sites (N-methyl/N-ethyl adjacent to an activating group) is 1. The molecule has 0 heterocycles. The van der Waals surface area contributed by atoms with E-state index in [1.807, 2.05) is 86.6 Å². The summed E-state index contributed by atoms with van der Waals surface area (Å²) in [6, 6.07) is 22.3. The number of hydrogen-bond acceptors (Lipinski definition) is 4. The standard InChI is InChI=1S/C27H25FN4/c1-19-17-23(29-21-7-5-4-6-8-21)13-15-25(19)31-26-16-14-24(32(2)3)18-27(26)30-22-11-9-20(28)10-12-22/h4-18,29H,1-3H3/b30-27+,31-26-. The van der Waals surface area contributed by atoms with Gasteiger partial charge in [0.05, 0.1) is 22.8 Å². The normalized spacial score (nSPS) is 15.7. The topological polar surface area (TPSA) is 40.0 Å². The Kier molecular flexibility index (Phi) is 6.26. The van der Waals surface area contributed by atoms with Gasteiger partial charge < -0.3 is 10.2 Å². The molecule has 0 saturated heterocycles. The van der Waals surface area contributed by atoms with Crippen molar-refractivity contribution in [1.82, 2.24) is 4.90 Å². The van der Waals surface area contributed by atoms with Crippen molar-refractivity contribution in [2.75, 3.05) is 19.4 Å². The lowest BCUT2D eigenvalue weighted by molar-refractivity contribution is 0.530. The Hall–Kier alpha value is -3.99. The molecule has 0 spiro atoms. The Morgan fingerprint density at radius 2 is 1.53 bits per heavy atom. The van der Waals surface area contributed by atoms with Gasteiger partial charge in [0.15, 0.2) is 0 Å². The predicted molar refractivity (Wildman–Crippen MR) is 132 cm³/mol. The number of aryl methyl sites for hydroxylation is 1. The predicted octanol–water partition coefficient (Wildman–Crippen LogP) is 6.74. The zero-order valence-corrected chi connectivity index (χ0v) is 18.4. The minimum Gasteiger partial charge on any atom is -0.378 e. The van der Waals surface area contributed by atoms with Crippen LogP contribution in [0.1, 0.15) is 5.56 Å². The van der Waals surface area contributed by atoms with Crippen LogP contribution < -0.4 is 5.32 Å². The van der Waals surface area contributed by atoms with Crippen molar-refractivity contribution < 1.29 is 4.39 Å². The van der Waals surface area contributed by atoms with Crippen molar-refractivity contribution >= 4 is 34.2 Å². The van der Waals surface area contributed by atoms with Crippen LogP contribution >= 0.6 is 0 Å². The Balaban J connectivity index is 1.66. The number of para-hydroxylation sites is 1. The summed E-state index contributed by atoms with van der Waals surface area (Å²) in [6.45, 7) is 2.04. The molecule has 1 aliphatic rings. The molecule has 0 radical (unpaired) electrons. The first-order valence-corrected chi connectivity index (χ1v) is 10.4. The summed E-state index contributed by atoms with van der Waals surface area (Å²) in [5, 5.41) is 3.41. The highest BCUT2D eigenvalue weighted by atomic mass is 19.1. The van der Waals surface area contributed by atoms with Crippen LogP contribution in [-0.4, -0.2) is 30.4 Å². The molecule has 0 fully saturated rings. The molecule has 1 N–H and O–H groups in total. The summed E-state index contributed by atoms with van der Waals surface area (Å²) in [6.07, 6.45) is 5.97. The largest absolute Gasteiger partial charge is 0.378 e. The van der Waals surface area contributed by atoms with E-state index < -0.39 is 0 Å². The molecule has 0 unspecified atom stereocenters.